The first-order valence-electron chi connectivity index (χ1n) is 10.8. The van der Waals surface area contributed by atoms with E-state index in [0.717, 1.165) is 58.9 Å². The lowest BCUT2D eigenvalue weighted by Gasteiger charge is -2.27. The van der Waals surface area contributed by atoms with E-state index in [1.807, 2.05) is 32.0 Å². The molecular weight excluding hydrogens is 478 g/mol. The van der Waals surface area contributed by atoms with E-state index in [-0.39, 0.29) is 17.0 Å². The number of aryl methyl sites for hydroxylation is 2. The Bertz CT molecular complexity index is 1180. The Morgan fingerprint density at radius 2 is 1.87 bits per heavy atom. The van der Waals surface area contributed by atoms with Gasteiger partial charge in [0.15, 0.2) is 5.65 Å². The van der Waals surface area contributed by atoms with Crippen LogP contribution in [0, 0.1) is 6.92 Å². The Morgan fingerprint density at radius 3 is 2.52 bits per heavy atom. The fourth-order valence-electron chi connectivity index (χ4n) is 4.24. The minimum absolute atomic E-state index is 0.226. The van der Waals surface area contributed by atoms with Gasteiger partial charge < -0.3 is 10.4 Å². The van der Waals surface area contributed by atoms with Crippen LogP contribution < -0.4 is 5.32 Å². The van der Waals surface area contributed by atoms with Crippen molar-refractivity contribution in [3.05, 3.63) is 52.3 Å². The Kier molecular flexibility index (Phi) is 6.42. The van der Waals surface area contributed by atoms with Gasteiger partial charge in [-0.25, -0.2) is 17.4 Å². The second kappa shape index (κ2) is 8.92. The summed E-state index contributed by atoms with van der Waals surface area (Å²) < 4.78 is 29.4. The van der Waals surface area contributed by atoms with Gasteiger partial charge in [-0.1, -0.05) is 31.0 Å². The van der Waals surface area contributed by atoms with E-state index in [4.69, 9.17) is 0 Å². The number of hydrogen-bond donors (Lipinski definition) is 2. The molecule has 3 aromatic rings. The molecule has 0 spiro atoms. The molecule has 0 amide bonds. The second-order valence-corrected chi connectivity index (χ2v) is 11.0. The largest absolute Gasteiger partial charge is 0.393 e. The fraction of sp³-hybridized carbons (Fsp3) is 0.435. The third-order valence-electron chi connectivity index (χ3n) is 5.92. The molecule has 1 aliphatic carbocycles. The topological polar surface area (TPSA) is 84.2 Å². The molecule has 0 unspecified atom stereocenters. The number of rotatable bonds is 6. The van der Waals surface area contributed by atoms with Gasteiger partial charge in [0.1, 0.15) is 0 Å². The van der Waals surface area contributed by atoms with E-state index in [2.05, 4.69) is 26.2 Å². The quantitative estimate of drug-likeness (QED) is 0.491. The standard InChI is InChI=1S/C23H28BrN3O3S/c1-3-4-17-13-20-22(26-16-7-9-18(28)10-8-16)21(24)14-25-23(20)27(17)31(29,30)19-11-5-15(2)6-12-19/h5-6,11-14,16,18,28H,3-4,7-10H2,1-2H3,(H,25,26)/t16-,18-. The van der Waals surface area contributed by atoms with Crippen molar-refractivity contribution in [2.24, 2.45) is 0 Å². The molecule has 8 heteroatoms. The van der Waals surface area contributed by atoms with Gasteiger partial charge >= 0.3 is 0 Å². The molecule has 2 aromatic heterocycles. The van der Waals surface area contributed by atoms with E-state index in [1.165, 1.54) is 3.97 Å². The molecule has 1 aromatic carbocycles. The number of aromatic nitrogens is 2. The summed E-state index contributed by atoms with van der Waals surface area (Å²) in [5, 5.41) is 14.2. The molecule has 0 bridgehead atoms. The van der Waals surface area contributed by atoms with Crippen LogP contribution in [0.3, 0.4) is 0 Å². The van der Waals surface area contributed by atoms with Crippen LogP contribution in [0.15, 0.2) is 45.9 Å². The van der Waals surface area contributed by atoms with Gasteiger partial charge in [-0.3, -0.25) is 0 Å². The summed E-state index contributed by atoms with van der Waals surface area (Å²) in [5.74, 6) is 0. The average molecular weight is 506 g/mol. The Hall–Kier alpha value is -1.90. The summed E-state index contributed by atoms with van der Waals surface area (Å²) in [6, 6.07) is 9.10. The Labute approximate surface area is 191 Å². The normalized spacial score (nSPS) is 19.6. The highest BCUT2D eigenvalue weighted by molar-refractivity contribution is 9.10. The summed E-state index contributed by atoms with van der Waals surface area (Å²) in [4.78, 5) is 4.77. The monoisotopic (exact) mass is 505 g/mol. The van der Waals surface area contributed by atoms with Crippen LogP contribution in [-0.4, -0.2) is 34.6 Å². The van der Waals surface area contributed by atoms with Crippen LogP contribution >= 0.6 is 15.9 Å². The number of nitrogens with zero attached hydrogens (tertiary/aromatic N) is 2. The zero-order valence-corrected chi connectivity index (χ0v) is 20.2. The highest BCUT2D eigenvalue weighted by Gasteiger charge is 2.27. The van der Waals surface area contributed by atoms with Gasteiger partial charge in [0.2, 0.25) is 0 Å². The number of aliphatic hydroxyl groups is 1. The van der Waals surface area contributed by atoms with Crippen LogP contribution in [-0.2, 0) is 16.4 Å². The third kappa shape index (κ3) is 4.38. The summed E-state index contributed by atoms with van der Waals surface area (Å²) >= 11 is 3.60. The second-order valence-electron chi connectivity index (χ2n) is 8.34. The zero-order valence-electron chi connectivity index (χ0n) is 17.8. The number of fused-ring (bicyclic) bond motifs is 1. The molecule has 31 heavy (non-hydrogen) atoms. The first-order chi connectivity index (χ1) is 14.8. The predicted octanol–water partition coefficient (Wildman–Crippen LogP) is 5.01. The number of hydrogen-bond acceptors (Lipinski definition) is 5. The molecule has 0 aliphatic heterocycles. The molecule has 2 N–H and O–H groups in total. The molecule has 0 radical (unpaired) electrons. The molecule has 6 nitrogen and oxygen atoms in total. The van der Waals surface area contributed by atoms with Crippen molar-refractivity contribution in [2.45, 2.75) is 69.4 Å². The van der Waals surface area contributed by atoms with Gasteiger partial charge in [-0.2, -0.15) is 0 Å². The fourth-order valence-corrected chi connectivity index (χ4v) is 6.18. The predicted molar refractivity (Wildman–Crippen MR) is 127 cm³/mol. The van der Waals surface area contributed by atoms with Crippen molar-refractivity contribution in [1.82, 2.24) is 8.96 Å². The number of halogens is 1. The molecule has 1 saturated carbocycles. The van der Waals surface area contributed by atoms with E-state index in [0.29, 0.717) is 12.1 Å². The molecule has 0 atom stereocenters. The lowest BCUT2D eigenvalue weighted by Crippen LogP contribution is -2.28. The molecule has 4 rings (SSSR count). The highest BCUT2D eigenvalue weighted by atomic mass is 79.9. The van der Waals surface area contributed by atoms with Crippen molar-refractivity contribution in [3.8, 4) is 0 Å². The number of pyridine rings is 1. The molecule has 1 aliphatic rings. The van der Waals surface area contributed by atoms with Gasteiger partial charge in [0.25, 0.3) is 10.0 Å². The number of benzene rings is 1. The number of anilines is 1. The highest BCUT2D eigenvalue weighted by Crippen LogP contribution is 2.36. The van der Waals surface area contributed by atoms with E-state index < -0.39 is 10.0 Å². The summed E-state index contributed by atoms with van der Waals surface area (Å²) in [5.41, 5.74) is 3.04. The smallest absolute Gasteiger partial charge is 0.269 e. The van der Waals surface area contributed by atoms with Crippen molar-refractivity contribution in [1.29, 1.82) is 0 Å². The van der Waals surface area contributed by atoms with Crippen molar-refractivity contribution >= 4 is 42.7 Å². The summed E-state index contributed by atoms with van der Waals surface area (Å²) in [7, 11) is -3.78. The molecule has 2 heterocycles. The van der Waals surface area contributed by atoms with Crippen molar-refractivity contribution in [2.75, 3.05) is 5.32 Å². The summed E-state index contributed by atoms with van der Waals surface area (Å²) in [6.45, 7) is 3.97. The van der Waals surface area contributed by atoms with Crippen LogP contribution in [0.5, 0.6) is 0 Å². The number of aliphatic hydroxyl groups excluding tert-OH is 1. The maximum atomic E-state index is 13.6. The minimum Gasteiger partial charge on any atom is -0.393 e. The van der Waals surface area contributed by atoms with Gasteiger partial charge in [0, 0.05) is 23.3 Å². The van der Waals surface area contributed by atoms with Gasteiger partial charge in [-0.05, 0) is 73.2 Å². The Morgan fingerprint density at radius 1 is 1.19 bits per heavy atom. The van der Waals surface area contributed by atoms with Gasteiger partial charge in [-0.15, -0.1) is 0 Å². The molecule has 1 fully saturated rings. The SMILES string of the molecule is CCCc1cc2c(N[C@H]3CC[C@H](O)CC3)c(Br)cnc2n1S(=O)(=O)c1ccc(C)cc1. The van der Waals surface area contributed by atoms with E-state index in [9.17, 15) is 13.5 Å². The lowest BCUT2D eigenvalue weighted by molar-refractivity contribution is 0.126. The maximum Gasteiger partial charge on any atom is 0.269 e. The van der Waals surface area contributed by atoms with Crippen LogP contribution in [0.2, 0.25) is 0 Å². The molecule has 166 valence electrons. The van der Waals surface area contributed by atoms with Crippen molar-refractivity contribution < 1.29 is 13.5 Å². The third-order valence-corrected chi connectivity index (χ3v) is 8.28. The van der Waals surface area contributed by atoms with Crippen LogP contribution in [0.4, 0.5) is 5.69 Å². The average Bonchev–Trinajstić information content (AvgIpc) is 3.11. The molecular formula is C23H28BrN3O3S. The van der Waals surface area contributed by atoms with E-state index >= 15 is 0 Å². The first-order valence-corrected chi connectivity index (χ1v) is 13.0. The Balaban J connectivity index is 1.84. The van der Waals surface area contributed by atoms with Gasteiger partial charge in [0.05, 0.1) is 21.2 Å². The van der Waals surface area contributed by atoms with Crippen molar-refractivity contribution in [3.63, 3.8) is 0 Å². The van der Waals surface area contributed by atoms with E-state index in [1.54, 1.807) is 18.3 Å². The molecule has 0 saturated heterocycles. The zero-order chi connectivity index (χ0) is 22.2. The lowest BCUT2D eigenvalue weighted by atomic mass is 9.93. The first kappa shape index (κ1) is 22.3. The van der Waals surface area contributed by atoms with Crippen LogP contribution in [0.1, 0.15) is 50.3 Å². The van der Waals surface area contributed by atoms with Crippen LogP contribution in [0.25, 0.3) is 11.0 Å². The summed E-state index contributed by atoms with van der Waals surface area (Å²) in [6.07, 6.45) is 6.19. The minimum atomic E-state index is -3.78. The number of nitrogens with one attached hydrogen (secondary N) is 1. The maximum absolute atomic E-state index is 13.6.